The zero-order chi connectivity index (χ0) is 10.1. The molecule has 2 rings (SSSR count). The first-order valence-electron chi connectivity index (χ1n) is 3.94. The molecule has 0 spiro atoms. The molecule has 0 saturated carbocycles. The van der Waals surface area contributed by atoms with Crippen molar-refractivity contribution in [3.05, 3.63) is 23.9 Å². The molecule has 68 valence electrons. The normalized spacial score (nSPS) is 9.93. The van der Waals surface area contributed by atoms with Gasteiger partial charge < -0.3 is 11.5 Å². The van der Waals surface area contributed by atoms with E-state index in [1.807, 2.05) is 6.07 Å². The Kier molecular flexibility index (Phi) is 1.68. The molecule has 0 unspecified atom stereocenters. The first kappa shape index (κ1) is 8.26. The first-order chi connectivity index (χ1) is 6.74. The van der Waals surface area contributed by atoms with Crippen molar-refractivity contribution in [2.75, 3.05) is 11.5 Å². The number of nitrogens with two attached hydrogens (primary N) is 2. The van der Waals surface area contributed by atoms with Crippen molar-refractivity contribution in [2.24, 2.45) is 0 Å². The average molecular weight is 185 g/mol. The maximum Gasteiger partial charge on any atom is 0.146 e. The van der Waals surface area contributed by atoms with Gasteiger partial charge in [-0.15, -0.1) is 0 Å². The second kappa shape index (κ2) is 2.85. The highest BCUT2D eigenvalue weighted by atomic mass is 14.9. The second-order valence-electron chi connectivity index (χ2n) is 2.77. The maximum absolute atomic E-state index is 8.86. The molecule has 14 heavy (non-hydrogen) atoms. The van der Waals surface area contributed by atoms with E-state index in [0.717, 1.165) is 0 Å². The molecular formula is C9H7N5. The third-order valence-corrected chi connectivity index (χ3v) is 1.93. The van der Waals surface area contributed by atoms with Crippen molar-refractivity contribution in [3.63, 3.8) is 0 Å². The molecule has 2 aromatic heterocycles. The molecule has 0 aliphatic heterocycles. The molecule has 0 saturated heterocycles. The fourth-order valence-electron chi connectivity index (χ4n) is 1.29. The average Bonchev–Trinajstić information content (AvgIpc) is 2.18. The van der Waals surface area contributed by atoms with Crippen molar-refractivity contribution < 1.29 is 0 Å². The van der Waals surface area contributed by atoms with Gasteiger partial charge >= 0.3 is 0 Å². The van der Waals surface area contributed by atoms with Gasteiger partial charge in [-0.05, 0) is 12.1 Å². The Morgan fingerprint density at radius 3 is 2.79 bits per heavy atom. The van der Waals surface area contributed by atoms with Crippen LogP contribution in [0.5, 0.6) is 0 Å². The van der Waals surface area contributed by atoms with Crippen molar-refractivity contribution in [1.29, 1.82) is 5.26 Å². The van der Waals surface area contributed by atoms with Gasteiger partial charge in [0, 0.05) is 11.6 Å². The lowest BCUT2D eigenvalue weighted by Crippen LogP contribution is -2.01. The van der Waals surface area contributed by atoms with Gasteiger partial charge in [0.2, 0.25) is 0 Å². The van der Waals surface area contributed by atoms with Crippen LogP contribution in [0.4, 0.5) is 11.6 Å². The van der Waals surface area contributed by atoms with Crippen LogP contribution in [0.1, 0.15) is 5.56 Å². The summed E-state index contributed by atoms with van der Waals surface area (Å²) >= 11 is 0. The molecule has 0 radical (unpaired) electrons. The maximum atomic E-state index is 8.86. The zero-order valence-electron chi connectivity index (χ0n) is 7.23. The van der Waals surface area contributed by atoms with E-state index in [0.29, 0.717) is 16.7 Å². The van der Waals surface area contributed by atoms with Crippen LogP contribution in [-0.2, 0) is 0 Å². The molecule has 2 aromatic rings. The molecular weight excluding hydrogens is 178 g/mol. The molecule has 0 fully saturated rings. The van der Waals surface area contributed by atoms with E-state index < -0.39 is 0 Å². The minimum Gasteiger partial charge on any atom is -0.383 e. The second-order valence-corrected chi connectivity index (χ2v) is 2.77. The fraction of sp³-hybridized carbons (Fsp3) is 0. The van der Waals surface area contributed by atoms with Crippen molar-refractivity contribution in [1.82, 2.24) is 9.97 Å². The summed E-state index contributed by atoms with van der Waals surface area (Å²) in [6.07, 6.45) is 1.59. The quantitative estimate of drug-likeness (QED) is 0.627. The predicted octanol–water partition coefficient (Wildman–Crippen LogP) is 0.666. The molecule has 0 aliphatic carbocycles. The molecule has 0 amide bonds. The van der Waals surface area contributed by atoms with Gasteiger partial charge in [0.25, 0.3) is 0 Å². The number of nitrogen functional groups attached to an aromatic ring is 2. The van der Waals surface area contributed by atoms with Gasteiger partial charge in [-0.3, -0.25) is 4.98 Å². The Labute approximate surface area is 80.0 Å². The third-order valence-electron chi connectivity index (χ3n) is 1.93. The minimum atomic E-state index is 0.121. The van der Waals surface area contributed by atoms with Crippen LogP contribution >= 0.6 is 0 Å². The van der Waals surface area contributed by atoms with E-state index in [1.165, 1.54) is 0 Å². The van der Waals surface area contributed by atoms with Crippen LogP contribution in [0.2, 0.25) is 0 Å². The monoisotopic (exact) mass is 185 g/mol. The van der Waals surface area contributed by atoms with Crippen LogP contribution in [-0.4, -0.2) is 9.97 Å². The van der Waals surface area contributed by atoms with E-state index in [2.05, 4.69) is 9.97 Å². The van der Waals surface area contributed by atoms with Gasteiger partial charge in [0.15, 0.2) is 0 Å². The minimum absolute atomic E-state index is 0.121. The van der Waals surface area contributed by atoms with E-state index in [1.54, 1.807) is 18.3 Å². The van der Waals surface area contributed by atoms with Crippen LogP contribution in [0.15, 0.2) is 18.3 Å². The SMILES string of the molecule is N#Cc1c(N)nc(N)c2cccnc12. The summed E-state index contributed by atoms with van der Waals surface area (Å²) < 4.78 is 0. The highest BCUT2D eigenvalue weighted by Crippen LogP contribution is 2.23. The summed E-state index contributed by atoms with van der Waals surface area (Å²) in [4.78, 5) is 7.92. The molecule has 0 atom stereocenters. The number of hydrogen-bond acceptors (Lipinski definition) is 5. The lowest BCUT2D eigenvalue weighted by Gasteiger charge is -2.03. The number of anilines is 2. The predicted molar refractivity (Wildman–Crippen MR) is 53.1 cm³/mol. The number of nitrogens with zero attached hydrogens (tertiary/aromatic N) is 3. The van der Waals surface area contributed by atoms with Crippen molar-refractivity contribution >= 4 is 22.5 Å². The van der Waals surface area contributed by atoms with Gasteiger partial charge in [0.1, 0.15) is 23.3 Å². The zero-order valence-corrected chi connectivity index (χ0v) is 7.23. The number of fused-ring (bicyclic) bond motifs is 1. The van der Waals surface area contributed by atoms with Crippen LogP contribution < -0.4 is 11.5 Å². The molecule has 0 aromatic carbocycles. The summed E-state index contributed by atoms with van der Waals surface area (Å²) in [5.74, 6) is 0.417. The largest absolute Gasteiger partial charge is 0.383 e. The number of rotatable bonds is 0. The van der Waals surface area contributed by atoms with Crippen molar-refractivity contribution in [3.8, 4) is 6.07 Å². The van der Waals surface area contributed by atoms with E-state index in [4.69, 9.17) is 16.7 Å². The Morgan fingerprint density at radius 1 is 1.29 bits per heavy atom. The molecule has 0 aliphatic rings. The third kappa shape index (κ3) is 1.02. The van der Waals surface area contributed by atoms with E-state index in [9.17, 15) is 0 Å². The molecule has 2 heterocycles. The van der Waals surface area contributed by atoms with Gasteiger partial charge in [-0.2, -0.15) is 5.26 Å². The summed E-state index contributed by atoms with van der Waals surface area (Å²) in [5.41, 5.74) is 12.0. The smallest absolute Gasteiger partial charge is 0.146 e. The Morgan fingerprint density at radius 2 is 2.07 bits per heavy atom. The molecule has 5 nitrogen and oxygen atoms in total. The summed E-state index contributed by atoms with van der Waals surface area (Å²) in [6.45, 7) is 0. The Bertz CT molecular complexity index is 541. The van der Waals surface area contributed by atoms with Gasteiger partial charge in [-0.1, -0.05) is 0 Å². The first-order valence-corrected chi connectivity index (χ1v) is 3.94. The lowest BCUT2D eigenvalue weighted by molar-refractivity contribution is 1.31. The van der Waals surface area contributed by atoms with Crippen LogP contribution in [0.3, 0.4) is 0 Å². The van der Waals surface area contributed by atoms with Crippen molar-refractivity contribution in [2.45, 2.75) is 0 Å². The molecule has 4 N–H and O–H groups in total. The summed E-state index contributed by atoms with van der Waals surface area (Å²) in [6, 6.07) is 5.45. The van der Waals surface area contributed by atoms with Gasteiger partial charge in [0.05, 0.1) is 5.52 Å². The Balaban J connectivity index is 3.00. The fourth-order valence-corrected chi connectivity index (χ4v) is 1.29. The Hall–Kier alpha value is -2.35. The number of pyridine rings is 2. The van der Waals surface area contributed by atoms with Crippen LogP contribution in [0, 0.1) is 11.3 Å². The number of hydrogen-bond donors (Lipinski definition) is 2. The van der Waals surface area contributed by atoms with Crippen LogP contribution in [0.25, 0.3) is 10.9 Å². The van der Waals surface area contributed by atoms with E-state index in [-0.39, 0.29) is 11.4 Å². The topological polar surface area (TPSA) is 102 Å². The molecule has 0 bridgehead atoms. The highest BCUT2D eigenvalue weighted by molar-refractivity contribution is 5.94. The number of nitriles is 1. The number of aromatic nitrogens is 2. The highest BCUT2D eigenvalue weighted by Gasteiger charge is 2.09. The lowest BCUT2D eigenvalue weighted by atomic mass is 10.1. The summed E-state index contributed by atoms with van der Waals surface area (Å²) in [7, 11) is 0. The molecule has 5 heteroatoms. The van der Waals surface area contributed by atoms with E-state index >= 15 is 0 Å². The standard InChI is InChI=1S/C9H7N5/c10-4-6-7-5(2-1-3-13-7)8(11)14-9(6)12/h1-3H,(H4,11,12,14). The van der Waals surface area contributed by atoms with Gasteiger partial charge in [-0.25, -0.2) is 4.98 Å². The summed E-state index contributed by atoms with van der Waals surface area (Å²) in [5, 5.41) is 9.51.